The van der Waals surface area contributed by atoms with E-state index in [1.807, 2.05) is 6.07 Å². The second kappa shape index (κ2) is 3.29. The Labute approximate surface area is 78.9 Å². The molecule has 0 bridgehead atoms. The van der Waals surface area contributed by atoms with Crippen LogP contribution in [-0.4, -0.2) is 12.6 Å². The molecule has 2 rings (SSSR count). The largest absolute Gasteiger partial charge is 0.493 e. The van der Waals surface area contributed by atoms with E-state index in [1.165, 1.54) is 11.3 Å². The zero-order valence-corrected chi connectivity index (χ0v) is 8.13. The summed E-state index contributed by atoms with van der Waals surface area (Å²) in [4.78, 5) is 0. The second-order valence-electron chi connectivity index (χ2n) is 3.72. The van der Waals surface area contributed by atoms with Crippen molar-refractivity contribution in [2.45, 2.75) is 26.3 Å². The van der Waals surface area contributed by atoms with Crippen molar-refractivity contribution in [3.63, 3.8) is 0 Å². The molecule has 1 aliphatic rings. The van der Waals surface area contributed by atoms with Crippen molar-refractivity contribution in [3.05, 3.63) is 23.8 Å². The van der Waals surface area contributed by atoms with Gasteiger partial charge in [-0.05, 0) is 37.6 Å². The summed E-state index contributed by atoms with van der Waals surface area (Å²) in [6.07, 6.45) is 1.04. The third-order valence-corrected chi connectivity index (χ3v) is 2.14. The Balaban J connectivity index is 2.21. The van der Waals surface area contributed by atoms with Crippen molar-refractivity contribution >= 4 is 5.69 Å². The van der Waals surface area contributed by atoms with Gasteiger partial charge in [-0.25, -0.2) is 0 Å². The smallest absolute Gasteiger partial charge is 0.122 e. The zero-order chi connectivity index (χ0) is 9.26. The minimum atomic E-state index is 0.486. The van der Waals surface area contributed by atoms with Gasteiger partial charge in [0.1, 0.15) is 5.75 Å². The lowest BCUT2D eigenvalue weighted by molar-refractivity contribution is 0.357. The molecule has 0 atom stereocenters. The third kappa shape index (κ3) is 1.77. The minimum Gasteiger partial charge on any atom is -0.493 e. The van der Waals surface area contributed by atoms with Crippen molar-refractivity contribution in [2.75, 3.05) is 11.9 Å². The number of hydrogen-bond acceptors (Lipinski definition) is 2. The first-order chi connectivity index (χ1) is 6.25. The molecule has 0 spiro atoms. The summed E-state index contributed by atoms with van der Waals surface area (Å²) in [5.74, 6) is 1.05. The molecule has 1 aromatic carbocycles. The molecule has 0 aliphatic carbocycles. The number of hydrogen-bond donors (Lipinski definition) is 1. The maximum Gasteiger partial charge on any atom is 0.122 e. The van der Waals surface area contributed by atoms with E-state index in [0.717, 1.165) is 18.8 Å². The first-order valence-corrected chi connectivity index (χ1v) is 4.78. The maximum atomic E-state index is 5.43. The number of ether oxygens (including phenoxy) is 1. The number of nitrogens with one attached hydrogen (secondary N) is 1. The molecule has 2 nitrogen and oxygen atoms in total. The Kier molecular flexibility index (Phi) is 2.13. The molecule has 0 saturated carbocycles. The molecule has 1 aromatic rings. The van der Waals surface area contributed by atoms with Crippen molar-refractivity contribution in [1.82, 2.24) is 0 Å². The van der Waals surface area contributed by atoms with Crippen molar-refractivity contribution in [1.29, 1.82) is 0 Å². The van der Waals surface area contributed by atoms with Crippen LogP contribution in [0.25, 0.3) is 0 Å². The summed E-state index contributed by atoms with van der Waals surface area (Å²) >= 11 is 0. The van der Waals surface area contributed by atoms with Crippen molar-refractivity contribution in [2.24, 2.45) is 0 Å². The summed E-state index contributed by atoms with van der Waals surface area (Å²) in [5, 5.41) is 3.38. The summed E-state index contributed by atoms with van der Waals surface area (Å²) in [6, 6.07) is 6.79. The van der Waals surface area contributed by atoms with Gasteiger partial charge in [0, 0.05) is 18.2 Å². The van der Waals surface area contributed by atoms with Crippen LogP contribution in [0.3, 0.4) is 0 Å². The van der Waals surface area contributed by atoms with Crippen LogP contribution in [0.15, 0.2) is 18.2 Å². The van der Waals surface area contributed by atoms with Gasteiger partial charge in [-0.2, -0.15) is 0 Å². The van der Waals surface area contributed by atoms with Crippen LogP contribution >= 0.6 is 0 Å². The minimum absolute atomic E-state index is 0.486. The first kappa shape index (κ1) is 8.42. The van der Waals surface area contributed by atoms with Crippen LogP contribution in [0.5, 0.6) is 5.75 Å². The third-order valence-electron chi connectivity index (χ3n) is 2.14. The molecule has 70 valence electrons. The van der Waals surface area contributed by atoms with E-state index in [-0.39, 0.29) is 0 Å². The number of benzene rings is 1. The lowest BCUT2D eigenvalue weighted by Crippen LogP contribution is -2.09. The fourth-order valence-corrected chi connectivity index (χ4v) is 1.61. The fraction of sp³-hybridized carbons (Fsp3) is 0.455. The standard InChI is InChI=1S/C11H15NO/c1-8(2)12-10-3-4-11-9(7-10)5-6-13-11/h3-4,7-8,12H,5-6H2,1-2H3. The van der Waals surface area contributed by atoms with Crippen LogP contribution in [0.4, 0.5) is 5.69 Å². The molecule has 13 heavy (non-hydrogen) atoms. The van der Waals surface area contributed by atoms with Gasteiger partial charge in [0.2, 0.25) is 0 Å². The molecule has 1 aliphatic heterocycles. The van der Waals surface area contributed by atoms with Gasteiger partial charge >= 0.3 is 0 Å². The summed E-state index contributed by atoms with van der Waals surface area (Å²) in [7, 11) is 0. The Morgan fingerprint density at radius 1 is 1.38 bits per heavy atom. The van der Waals surface area contributed by atoms with Gasteiger partial charge < -0.3 is 10.1 Å². The SMILES string of the molecule is CC(C)Nc1ccc2c(c1)CCO2. The molecule has 0 radical (unpaired) electrons. The molecular weight excluding hydrogens is 162 g/mol. The van der Waals surface area contributed by atoms with Crippen LogP contribution in [0.2, 0.25) is 0 Å². The van der Waals surface area contributed by atoms with Crippen LogP contribution in [0.1, 0.15) is 19.4 Å². The van der Waals surface area contributed by atoms with E-state index in [1.54, 1.807) is 0 Å². The van der Waals surface area contributed by atoms with E-state index in [0.29, 0.717) is 6.04 Å². The highest BCUT2D eigenvalue weighted by molar-refractivity contribution is 5.52. The van der Waals surface area contributed by atoms with E-state index >= 15 is 0 Å². The molecule has 0 unspecified atom stereocenters. The van der Waals surface area contributed by atoms with Crippen molar-refractivity contribution in [3.8, 4) is 5.75 Å². The maximum absolute atomic E-state index is 5.43. The highest BCUT2D eigenvalue weighted by atomic mass is 16.5. The van der Waals surface area contributed by atoms with Gasteiger partial charge in [0.15, 0.2) is 0 Å². The van der Waals surface area contributed by atoms with E-state index in [4.69, 9.17) is 4.74 Å². The second-order valence-corrected chi connectivity index (χ2v) is 3.72. The van der Waals surface area contributed by atoms with E-state index in [2.05, 4.69) is 31.3 Å². The van der Waals surface area contributed by atoms with Gasteiger partial charge in [0.05, 0.1) is 6.61 Å². The van der Waals surface area contributed by atoms with Gasteiger partial charge in [-0.3, -0.25) is 0 Å². The highest BCUT2D eigenvalue weighted by Crippen LogP contribution is 2.27. The van der Waals surface area contributed by atoms with E-state index < -0.39 is 0 Å². The number of fused-ring (bicyclic) bond motifs is 1. The quantitative estimate of drug-likeness (QED) is 0.749. The Hall–Kier alpha value is -1.18. The van der Waals surface area contributed by atoms with E-state index in [9.17, 15) is 0 Å². The predicted octanol–water partition coefficient (Wildman–Crippen LogP) is 2.44. The lowest BCUT2D eigenvalue weighted by atomic mass is 10.1. The molecule has 0 amide bonds. The Bertz CT molecular complexity index is 307. The highest BCUT2D eigenvalue weighted by Gasteiger charge is 2.11. The number of rotatable bonds is 2. The molecule has 0 fully saturated rings. The summed E-state index contributed by atoms with van der Waals surface area (Å²) < 4.78 is 5.43. The summed E-state index contributed by atoms with van der Waals surface area (Å²) in [5.41, 5.74) is 2.52. The van der Waals surface area contributed by atoms with Crippen LogP contribution < -0.4 is 10.1 Å². The Morgan fingerprint density at radius 3 is 3.00 bits per heavy atom. The fourth-order valence-electron chi connectivity index (χ4n) is 1.61. The van der Waals surface area contributed by atoms with Gasteiger partial charge in [0.25, 0.3) is 0 Å². The van der Waals surface area contributed by atoms with Crippen molar-refractivity contribution < 1.29 is 4.74 Å². The number of anilines is 1. The van der Waals surface area contributed by atoms with Crippen LogP contribution in [0, 0.1) is 0 Å². The summed E-state index contributed by atoms with van der Waals surface area (Å²) in [6.45, 7) is 5.12. The zero-order valence-electron chi connectivity index (χ0n) is 8.13. The molecule has 1 heterocycles. The normalized spacial score (nSPS) is 14.1. The average molecular weight is 177 g/mol. The van der Waals surface area contributed by atoms with Gasteiger partial charge in [-0.1, -0.05) is 0 Å². The molecular formula is C11H15NO. The van der Waals surface area contributed by atoms with Gasteiger partial charge in [-0.15, -0.1) is 0 Å². The first-order valence-electron chi connectivity index (χ1n) is 4.78. The molecule has 1 N–H and O–H groups in total. The monoisotopic (exact) mass is 177 g/mol. The van der Waals surface area contributed by atoms with Crippen LogP contribution in [-0.2, 0) is 6.42 Å². The Morgan fingerprint density at radius 2 is 2.23 bits per heavy atom. The lowest BCUT2D eigenvalue weighted by Gasteiger charge is -2.10. The average Bonchev–Trinajstić information content (AvgIpc) is 2.49. The topological polar surface area (TPSA) is 21.3 Å². The predicted molar refractivity (Wildman–Crippen MR) is 54.4 cm³/mol. The molecule has 0 aromatic heterocycles. The molecule has 0 saturated heterocycles. The molecule has 2 heteroatoms.